The molecular formula is C17H22BrFN2O3. The lowest BCUT2D eigenvalue weighted by Crippen LogP contribution is -2.43. The summed E-state index contributed by atoms with van der Waals surface area (Å²) in [5.41, 5.74) is -0.382. The Balaban J connectivity index is 1.89. The Bertz CT molecular complexity index is 623. The van der Waals surface area contributed by atoms with E-state index in [0.717, 1.165) is 0 Å². The molecule has 2 amide bonds. The minimum absolute atomic E-state index is 0.156. The van der Waals surface area contributed by atoms with E-state index in [1.54, 1.807) is 11.0 Å². The van der Waals surface area contributed by atoms with Crippen molar-refractivity contribution in [3.63, 3.8) is 0 Å². The van der Waals surface area contributed by atoms with Crippen LogP contribution in [0.2, 0.25) is 0 Å². The Kier molecular flexibility index (Phi) is 5.85. The summed E-state index contributed by atoms with van der Waals surface area (Å²) >= 11 is 3.25. The summed E-state index contributed by atoms with van der Waals surface area (Å²) in [4.78, 5) is 25.9. The van der Waals surface area contributed by atoms with Crippen molar-refractivity contribution in [2.24, 2.45) is 5.92 Å². The van der Waals surface area contributed by atoms with Gasteiger partial charge in [0.2, 0.25) is 5.91 Å². The van der Waals surface area contributed by atoms with Crippen molar-refractivity contribution in [1.82, 2.24) is 4.90 Å². The summed E-state index contributed by atoms with van der Waals surface area (Å²) in [5, 5.41) is 2.62. The van der Waals surface area contributed by atoms with E-state index < -0.39 is 11.4 Å². The van der Waals surface area contributed by atoms with Gasteiger partial charge in [-0.05, 0) is 51.8 Å². The predicted molar refractivity (Wildman–Crippen MR) is 93.3 cm³/mol. The lowest BCUT2D eigenvalue weighted by molar-refractivity contribution is -0.121. The van der Waals surface area contributed by atoms with Gasteiger partial charge in [-0.1, -0.05) is 15.9 Å². The van der Waals surface area contributed by atoms with Gasteiger partial charge in [0.25, 0.3) is 0 Å². The van der Waals surface area contributed by atoms with Crippen LogP contribution in [0.5, 0.6) is 0 Å². The van der Waals surface area contributed by atoms with Gasteiger partial charge in [-0.2, -0.15) is 0 Å². The summed E-state index contributed by atoms with van der Waals surface area (Å²) in [5.74, 6) is -0.948. The van der Waals surface area contributed by atoms with Crippen LogP contribution in [0.3, 0.4) is 0 Å². The number of hydrogen-bond acceptors (Lipinski definition) is 3. The molecular weight excluding hydrogens is 379 g/mol. The number of nitrogens with zero attached hydrogens (tertiary/aromatic N) is 1. The van der Waals surface area contributed by atoms with E-state index >= 15 is 0 Å². The second-order valence-corrected chi connectivity index (χ2v) is 7.77. The molecule has 0 radical (unpaired) electrons. The SMILES string of the molecule is CC(C)(C)OC(=O)N1CCC(C(=O)Nc2cc(Br)ccc2F)CC1. The van der Waals surface area contributed by atoms with Gasteiger partial charge in [0.1, 0.15) is 11.4 Å². The number of carbonyl (C=O) groups excluding carboxylic acids is 2. The Morgan fingerprint density at radius 2 is 1.92 bits per heavy atom. The van der Waals surface area contributed by atoms with Gasteiger partial charge in [-0.15, -0.1) is 0 Å². The molecule has 1 fully saturated rings. The number of piperidine rings is 1. The fraction of sp³-hybridized carbons (Fsp3) is 0.529. The Labute approximate surface area is 149 Å². The van der Waals surface area contributed by atoms with Crippen LogP contribution in [0.4, 0.5) is 14.9 Å². The number of anilines is 1. The number of ether oxygens (including phenoxy) is 1. The highest BCUT2D eigenvalue weighted by Crippen LogP contribution is 2.24. The first-order valence-corrected chi connectivity index (χ1v) is 8.69. The first kappa shape index (κ1) is 18.7. The van der Waals surface area contributed by atoms with Crippen LogP contribution in [0.15, 0.2) is 22.7 Å². The molecule has 0 aromatic heterocycles. The number of likely N-dealkylation sites (tertiary alicyclic amines) is 1. The summed E-state index contributed by atoms with van der Waals surface area (Å²) in [6.07, 6.45) is 0.695. The Morgan fingerprint density at radius 3 is 2.50 bits per heavy atom. The fourth-order valence-electron chi connectivity index (χ4n) is 2.48. The van der Waals surface area contributed by atoms with Gasteiger partial charge in [0, 0.05) is 23.5 Å². The first-order chi connectivity index (χ1) is 11.2. The molecule has 0 aliphatic carbocycles. The quantitative estimate of drug-likeness (QED) is 0.809. The zero-order chi connectivity index (χ0) is 17.9. The van der Waals surface area contributed by atoms with Gasteiger partial charge in [-0.3, -0.25) is 4.79 Å². The van der Waals surface area contributed by atoms with E-state index in [4.69, 9.17) is 4.74 Å². The van der Waals surface area contributed by atoms with Crippen molar-refractivity contribution >= 4 is 33.6 Å². The number of rotatable bonds is 2. The average Bonchev–Trinajstić information content (AvgIpc) is 2.49. The van der Waals surface area contributed by atoms with Gasteiger partial charge in [-0.25, -0.2) is 9.18 Å². The van der Waals surface area contributed by atoms with Crippen LogP contribution in [-0.4, -0.2) is 35.6 Å². The van der Waals surface area contributed by atoms with Gasteiger partial charge >= 0.3 is 6.09 Å². The minimum atomic E-state index is -0.538. The number of hydrogen-bond donors (Lipinski definition) is 1. The van der Waals surface area contributed by atoms with E-state index in [9.17, 15) is 14.0 Å². The molecule has 0 atom stereocenters. The van der Waals surface area contributed by atoms with E-state index in [1.165, 1.54) is 12.1 Å². The van der Waals surface area contributed by atoms with Crippen molar-refractivity contribution in [3.05, 3.63) is 28.5 Å². The van der Waals surface area contributed by atoms with Gasteiger partial charge in [0.05, 0.1) is 5.69 Å². The van der Waals surface area contributed by atoms with E-state index in [-0.39, 0.29) is 23.6 Å². The van der Waals surface area contributed by atoms with Gasteiger partial charge < -0.3 is 15.0 Å². The van der Waals surface area contributed by atoms with Crippen molar-refractivity contribution in [2.45, 2.75) is 39.2 Å². The highest BCUT2D eigenvalue weighted by atomic mass is 79.9. The van der Waals surface area contributed by atoms with Crippen molar-refractivity contribution in [2.75, 3.05) is 18.4 Å². The monoisotopic (exact) mass is 400 g/mol. The smallest absolute Gasteiger partial charge is 0.410 e. The molecule has 5 nitrogen and oxygen atoms in total. The molecule has 7 heteroatoms. The van der Waals surface area contributed by atoms with Crippen LogP contribution < -0.4 is 5.32 Å². The highest BCUT2D eigenvalue weighted by molar-refractivity contribution is 9.10. The molecule has 2 rings (SSSR count). The molecule has 0 spiro atoms. The normalized spacial score (nSPS) is 16.0. The van der Waals surface area contributed by atoms with Crippen LogP contribution in [-0.2, 0) is 9.53 Å². The minimum Gasteiger partial charge on any atom is -0.444 e. The third-order valence-corrected chi connectivity index (χ3v) is 4.20. The molecule has 132 valence electrons. The van der Waals surface area contributed by atoms with E-state index in [0.29, 0.717) is 30.4 Å². The average molecular weight is 401 g/mol. The number of amides is 2. The van der Waals surface area contributed by atoms with E-state index in [1.807, 2.05) is 20.8 Å². The zero-order valence-corrected chi connectivity index (χ0v) is 15.7. The molecule has 1 N–H and O–H groups in total. The summed E-state index contributed by atoms with van der Waals surface area (Å²) in [6, 6.07) is 4.40. The van der Waals surface area contributed by atoms with Crippen molar-refractivity contribution in [1.29, 1.82) is 0 Å². The number of carbonyl (C=O) groups is 2. The zero-order valence-electron chi connectivity index (χ0n) is 14.1. The second kappa shape index (κ2) is 7.51. The number of halogens is 2. The fourth-order valence-corrected chi connectivity index (χ4v) is 2.84. The van der Waals surface area contributed by atoms with Crippen LogP contribution in [0.25, 0.3) is 0 Å². The second-order valence-electron chi connectivity index (χ2n) is 6.86. The highest BCUT2D eigenvalue weighted by Gasteiger charge is 2.30. The standard InChI is InChI=1S/C17H22BrFN2O3/c1-17(2,3)24-16(23)21-8-6-11(7-9-21)15(22)20-14-10-12(18)4-5-13(14)19/h4-5,10-11H,6-9H2,1-3H3,(H,20,22). The third kappa shape index (κ3) is 5.19. The summed E-state index contributed by atoms with van der Waals surface area (Å²) in [7, 11) is 0. The molecule has 0 unspecified atom stereocenters. The summed E-state index contributed by atoms with van der Waals surface area (Å²) in [6.45, 7) is 6.36. The molecule has 24 heavy (non-hydrogen) atoms. The van der Waals surface area contributed by atoms with Gasteiger partial charge in [0.15, 0.2) is 0 Å². The lowest BCUT2D eigenvalue weighted by atomic mass is 9.96. The molecule has 1 aliphatic heterocycles. The number of nitrogens with one attached hydrogen (secondary N) is 1. The summed E-state index contributed by atoms with van der Waals surface area (Å²) < 4.78 is 19.7. The van der Waals surface area contributed by atoms with E-state index in [2.05, 4.69) is 21.2 Å². The molecule has 1 saturated heterocycles. The first-order valence-electron chi connectivity index (χ1n) is 7.89. The van der Waals surface area contributed by atoms with Crippen LogP contribution in [0, 0.1) is 11.7 Å². The van der Waals surface area contributed by atoms with Crippen molar-refractivity contribution in [3.8, 4) is 0 Å². The molecule has 1 aromatic carbocycles. The molecule has 0 saturated carbocycles. The Hall–Kier alpha value is -1.63. The van der Waals surface area contributed by atoms with Crippen LogP contribution >= 0.6 is 15.9 Å². The molecule has 0 bridgehead atoms. The predicted octanol–water partition coefficient (Wildman–Crippen LogP) is 4.17. The third-order valence-electron chi connectivity index (χ3n) is 3.70. The number of benzene rings is 1. The molecule has 1 aromatic rings. The maximum atomic E-state index is 13.7. The molecule has 1 aliphatic rings. The van der Waals surface area contributed by atoms with Crippen LogP contribution in [0.1, 0.15) is 33.6 Å². The Morgan fingerprint density at radius 1 is 1.29 bits per heavy atom. The van der Waals surface area contributed by atoms with Crippen molar-refractivity contribution < 1.29 is 18.7 Å². The largest absolute Gasteiger partial charge is 0.444 e. The molecule has 1 heterocycles. The topological polar surface area (TPSA) is 58.6 Å². The maximum absolute atomic E-state index is 13.7. The lowest BCUT2D eigenvalue weighted by Gasteiger charge is -2.32. The maximum Gasteiger partial charge on any atom is 0.410 e.